The molecule has 1 aromatic carbocycles. The molecule has 3 aromatic rings. The summed E-state index contributed by atoms with van der Waals surface area (Å²) < 4.78 is 1.78. The lowest BCUT2D eigenvalue weighted by Gasteiger charge is -2.03. The Morgan fingerprint density at radius 1 is 1.26 bits per heavy atom. The van der Waals surface area contributed by atoms with E-state index in [2.05, 4.69) is 34.2 Å². The van der Waals surface area contributed by atoms with Crippen LogP contribution in [-0.4, -0.2) is 19.6 Å². The van der Waals surface area contributed by atoms with Crippen molar-refractivity contribution in [1.82, 2.24) is 19.6 Å². The van der Waals surface area contributed by atoms with Gasteiger partial charge >= 0.3 is 0 Å². The fraction of sp³-hybridized carbons (Fsp3) is 0.154. The van der Waals surface area contributed by atoms with Gasteiger partial charge in [0.25, 0.3) is 5.56 Å². The number of hydrogen-bond acceptors (Lipinski definition) is 4. The molecule has 0 bridgehead atoms. The van der Waals surface area contributed by atoms with E-state index in [1.165, 1.54) is 17.2 Å². The Morgan fingerprint density at radius 3 is 2.95 bits per heavy atom. The minimum Gasteiger partial charge on any atom is -0.291 e. The van der Waals surface area contributed by atoms with E-state index >= 15 is 0 Å². The molecule has 0 spiro atoms. The van der Waals surface area contributed by atoms with Gasteiger partial charge in [-0.15, -0.1) is 10.2 Å². The Labute approximate surface area is 113 Å². The monoisotopic (exact) mass is 272 g/mol. The van der Waals surface area contributed by atoms with Gasteiger partial charge in [-0.05, 0) is 18.1 Å². The molecule has 2 heterocycles. The Kier molecular flexibility index (Phi) is 3.08. The summed E-state index contributed by atoms with van der Waals surface area (Å²) in [5.41, 5.74) is 2.36. The molecule has 0 unspecified atom stereocenters. The van der Waals surface area contributed by atoms with Gasteiger partial charge in [0, 0.05) is 18.0 Å². The summed E-state index contributed by atoms with van der Waals surface area (Å²) in [5, 5.41) is 8.81. The van der Waals surface area contributed by atoms with Crippen molar-refractivity contribution in [2.24, 2.45) is 0 Å². The van der Waals surface area contributed by atoms with Gasteiger partial charge in [0.1, 0.15) is 0 Å². The minimum atomic E-state index is -0.171. The van der Waals surface area contributed by atoms with Crippen molar-refractivity contribution < 1.29 is 0 Å². The van der Waals surface area contributed by atoms with Crippen LogP contribution in [0.2, 0.25) is 0 Å². The zero-order valence-corrected chi connectivity index (χ0v) is 11.1. The quantitative estimate of drug-likeness (QED) is 0.741. The lowest BCUT2D eigenvalue weighted by molar-refractivity contribution is 0.915. The topological polar surface area (TPSA) is 63.0 Å². The van der Waals surface area contributed by atoms with Crippen LogP contribution in [0.1, 0.15) is 11.1 Å². The molecule has 6 heteroatoms. The number of nitrogens with one attached hydrogen (secondary N) is 1. The first-order chi connectivity index (χ1) is 9.24. The van der Waals surface area contributed by atoms with Crippen LogP contribution in [0.15, 0.2) is 46.5 Å². The third-order valence-corrected chi connectivity index (χ3v) is 3.88. The van der Waals surface area contributed by atoms with Crippen LogP contribution in [0.5, 0.6) is 0 Å². The lowest BCUT2D eigenvalue weighted by Crippen LogP contribution is -2.05. The molecule has 0 aliphatic heterocycles. The van der Waals surface area contributed by atoms with Gasteiger partial charge in [0.15, 0.2) is 5.16 Å². The van der Waals surface area contributed by atoms with E-state index in [1.54, 1.807) is 22.4 Å². The molecule has 3 rings (SSSR count). The van der Waals surface area contributed by atoms with Crippen molar-refractivity contribution in [1.29, 1.82) is 0 Å². The summed E-state index contributed by atoms with van der Waals surface area (Å²) >= 11 is 1.60. The Bertz CT molecular complexity index is 777. The largest absolute Gasteiger partial charge is 0.291 e. The highest BCUT2D eigenvalue weighted by atomic mass is 32.2. The van der Waals surface area contributed by atoms with Gasteiger partial charge in [-0.3, -0.25) is 14.2 Å². The van der Waals surface area contributed by atoms with Crippen LogP contribution in [-0.2, 0) is 5.75 Å². The maximum atomic E-state index is 11.2. The number of H-pyrrole nitrogens is 1. The van der Waals surface area contributed by atoms with Crippen molar-refractivity contribution in [2.45, 2.75) is 17.8 Å². The highest BCUT2D eigenvalue weighted by molar-refractivity contribution is 7.98. The molecule has 0 fully saturated rings. The maximum absolute atomic E-state index is 11.2. The van der Waals surface area contributed by atoms with Gasteiger partial charge in [-0.25, -0.2) is 0 Å². The molecule has 0 aliphatic rings. The van der Waals surface area contributed by atoms with E-state index in [-0.39, 0.29) is 5.56 Å². The summed E-state index contributed by atoms with van der Waals surface area (Å²) in [7, 11) is 0. The maximum Gasteiger partial charge on any atom is 0.252 e. The van der Waals surface area contributed by atoms with Crippen molar-refractivity contribution >= 4 is 17.5 Å². The molecular formula is C13H12N4OS. The zero-order chi connectivity index (χ0) is 13.2. The van der Waals surface area contributed by atoms with Gasteiger partial charge in [0.05, 0.1) is 0 Å². The third-order valence-electron chi connectivity index (χ3n) is 2.89. The van der Waals surface area contributed by atoms with Crippen LogP contribution >= 0.6 is 11.8 Å². The molecular weight excluding hydrogens is 260 g/mol. The molecule has 5 nitrogen and oxygen atoms in total. The molecule has 0 saturated heterocycles. The highest BCUT2D eigenvalue weighted by Crippen LogP contribution is 2.22. The number of aromatic amines is 1. The molecule has 1 N–H and O–H groups in total. The Morgan fingerprint density at radius 2 is 2.11 bits per heavy atom. The Hall–Kier alpha value is -2.08. The lowest BCUT2D eigenvalue weighted by atomic mass is 10.1. The average Bonchev–Trinajstić information content (AvgIpc) is 2.80. The number of rotatable bonds is 3. The van der Waals surface area contributed by atoms with Crippen LogP contribution in [0.4, 0.5) is 0 Å². The van der Waals surface area contributed by atoms with Gasteiger partial charge in [0.2, 0.25) is 5.78 Å². The molecule has 19 heavy (non-hydrogen) atoms. The summed E-state index contributed by atoms with van der Waals surface area (Å²) in [4.78, 5) is 13.8. The number of fused-ring (bicyclic) bond motifs is 1. The zero-order valence-electron chi connectivity index (χ0n) is 10.3. The van der Waals surface area contributed by atoms with Crippen LogP contribution in [0.25, 0.3) is 5.78 Å². The second-order valence-corrected chi connectivity index (χ2v) is 5.14. The van der Waals surface area contributed by atoms with Crippen molar-refractivity contribution in [3.05, 3.63) is 58.0 Å². The first kappa shape index (κ1) is 12.0. The number of thioether (sulfide) groups is 1. The molecule has 0 radical (unpaired) electrons. The SMILES string of the molecule is Cc1ccccc1CSc1nnc2[nH]c(=O)ccn12. The number of aryl methyl sites for hydroxylation is 1. The number of nitrogens with zero attached hydrogens (tertiary/aromatic N) is 3. The normalized spacial score (nSPS) is 11.0. The molecule has 2 aromatic heterocycles. The van der Waals surface area contributed by atoms with E-state index < -0.39 is 0 Å². The van der Waals surface area contributed by atoms with Crippen molar-refractivity contribution in [3.8, 4) is 0 Å². The summed E-state index contributed by atoms with van der Waals surface area (Å²) in [6.45, 7) is 2.09. The van der Waals surface area contributed by atoms with Gasteiger partial charge in [-0.1, -0.05) is 36.0 Å². The summed E-state index contributed by atoms with van der Waals surface area (Å²) in [6.07, 6.45) is 1.69. The highest BCUT2D eigenvalue weighted by Gasteiger charge is 2.07. The standard InChI is InChI=1S/C13H12N4OS/c1-9-4-2-3-5-10(9)8-19-13-16-15-12-14-11(18)6-7-17(12)13/h2-7H,8H2,1H3,(H,14,15,18). The van der Waals surface area contributed by atoms with Gasteiger partial charge in [-0.2, -0.15) is 0 Å². The van der Waals surface area contributed by atoms with E-state index in [0.29, 0.717) is 5.78 Å². The first-order valence-corrected chi connectivity index (χ1v) is 6.84. The van der Waals surface area contributed by atoms with Crippen LogP contribution in [0, 0.1) is 6.92 Å². The van der Waals surface area contributed by atoms with Crippen LogP contribution in [0.3, 0.4) is 0 Å². The molecule has 0 aliphatic carbocycles. The summed E-state index contributed by atoms with van der Waals surface area (Å²) in [5.74, 6) is 1.30. The Balaban J connectivity index is 1.86. The van der Waals surface area contributed by atoms with E-state index in [0.717, 1.165) is 10.9 Å². The molecule has 0 amide bonds. The van der Waals surface area contributed by atoms with E-state index in [4.69, 9.17) is 0 Å². The average molecular weight is 272 g/mol. The number of hydrogen-bond donors (Lipinski definition) is 1. The molecule has 0 atom stereocenters. The predicted molar refractivity (Wildman–Crippen MR) is 74.3 cm³/mol. The predicted octanol–water partition coefficient (Wildman–Crippen LogP) is 2.02. The second-order valence-electron chi connectivity index (χ2n) is 4.20. The molecule has 0 saturated carbocycles. The third kappa shape index (κ3) is 2.39. The first-order valence-electron chi connectivity index (χ1n) is 5.85. The fourth-order valence-corrected chi connectivity index (χ4v) is 2.80. The van der Waals surface area contributed by atoms with E-state index in [9.17, 15) is 4.79 Å². The van der Waals surface area contributed by atoms with Crippen molar-refractivity contribution in [2.75, 3.05) is 0 Å². The molecule has 96 valence electrons. The number of benzene rings is 1. The van der Waals surface area contributed by atoms with Crippen molar-refractivity contribution in [3.63, 3.8) is 0 Å². The smallest absolute Gasteiger partial charge is 0.252 e. The minimum absolute atomic E-state index is 0.171. The van der Waals surface area contributed by atoms with E-state index in [1.807, 2.05) is 12.1 Å². The summed E-state index contributed by atoms with van der Waals surface area (Å²) in [6, 6.07) is 9.72. The number of aromatic nitrogens is 4. The van der Waals surface area contributed by atoms with Gasteiger partial charge < -0.3 is 0 Å². The fourth-order valence-electron chi connectivity index (χ4n) is 1.80. The van der Waals surface area contributed by atoms with Crippen LogP contribution < -0.4 is 5.56 Å². The second kappa shape index (κ2) is 4.89.